The van der Waals surface area contributed by atoms with Crippen molar-refractivity contribution in [3.05, 3.63) is 59.7 Å². The van der Waals surface area contributed by atoms with E-state index in [1.807, 2.05) is 36.4 Å². The van der Waals surface area contributed by atoms with Crippen molar-refractivity contribution in [1.29, 1.82) is 0 Å². The lowest BCUT2D eigenvalue weighted by molar-refractivity contribution is -0.131. The fourth-order valence-electron chi connectivity index (χ4n) is 3.11. The number of hydrogen-bond acceptors (Lipinski definition) is 3. The molecule has 0 saturated heterocycles. The summed E-state index contributed by atoms with van der Waals surface area (Å²) in [5.41, 5.74) is 4.37. The molecule has 0 bridgehead atoms. The number of sulfonamides is 1. The van der Waals surface area contributed by atoms with Crippen LogP contribution in [0.2, 0.25) is 0 Å². The number of benzene rings is 2. The fraction of sp³-hybridized carbons (Fsp3) is 0.278. The average molecular weight is 344 g/mol. The van der Waals surface area contributed by atoms with Crippen molar-refractivity contribution < 1.29 is 13.2 Å². The second kappa shape index (κ2) is 6.03. The Labute approximate surface area is 142 Å². The predicted octanol–water partition coefficient (Wildman–Crippen LogP) is 2.11. The van der Waals surface area contributed by atoms with Crippen LogP contribution >= 0.6 is 0 Å². The summed E-state index contributed by atoms with van der Waals surface area (Å²) in [5, 5.41) is 0. The van der Waals surface area contributed by atoms with Crippen LogP contribution in [0.25, 0.3) is 11.1 Å². The summed E-state index contributed by atoms with van der Waals surface area (Å²) in [7, 11) is -0.252. The van der Waals surface area contributed by atoms with Gasteiger partial charge in [0.1, 0.15) is 0 Å². The van der Waals surface area contributed by atoms with E-state index in [9.17, 15) is 13.2 Å². The molecular formula is C18H20N2O3S. The molecule has 0 fully saturated rings. The predicted molar refractivity (Wildman–Crippen MR) is 94.0 cm³/mol. The van der Waals surface area contributed by atoms with E-state index in [-0.39, 0.29) is 18.5 Å². The molecule has 1 aliphatic rings. The van der Waals surface area contributed by atoms with E-state index >= 15 is 0 Å². The summed E-state index contributed by atoms with van der Waals surface area (Å²) >= 11 is 0. The zero-order valence-corrected chi connectivity index (χ0v) is 14.7. The molecule has 0 heterocycles. The standard InChI is InChI=1S/C18H20N2O3S/c1-19(24(3,22)23)12-17(21)20(2)18-15-10-6-4-8-13(15)14-9-5-7-11-16(14)18/h4-11,18H,12H2,1-3H3. The number of carbonyl (C=O) groups excluding carboxylic acids is 1. The maximum Gasteiger partial charge on any atom is 0.238 e. The second-order valence-corrected chi connectivity index (χ2v) is 8.19. The monoisotopic (exact) mass is 344 g/mol. The van der Waals surface area contributed by atoms with E-state index < -0.39 is 10.0 Å². The van der Waals surface area contributed by atoms with E-state index in [0.717, 1.165) is 32.8 Å². The van der Waals surface area contributed by atoms with Crippen LogP contribution in [0.15, 0.2) is 48.5 Å². The van der Waals surface area contributed by atoms with Gasteiger partial charge >= 0.3 is 0 Å². The first-order chi connectivity index (χ1) is 11.3. The first kappa shape index (κ1) is 16.7. The Morgan fingerprint density at radius 1 is 0.958 bits per heavy atom. The molecule has 1 amide bonds. The lowest BCUT2D eigenvalue weighted by atomic mass is 10.0. The van der Waals surface area contributed by atoms with Gasteiger partial charge in [-0.05, 0) is 22.3 Å². The fourth-order valence-corrected chi connectivity index (χ4v) is 3.45. The molecule has 0 radical (unpaired) electrons. The lowest BCUT2D eigenvalue weighted by Gasteiger charge is -2.28. The molecule has 1 aliphatic carbocycles. The molecule has 5 nitrogen and oxygen atoms in total. The molecule has 0 N–H and O–H groups in total. The third-order valence-electron chi connectivity index (χ3n) is 4.51. The highest BCUT2D eigenvalue weighted by Crippen LogP contribution is 2.45. The summed E-state index contributed by atoms with van der Waals surface area (Å²) in [6.07, 6.45) is 1.10. The van der Waals surface area contributed by atoms with Gasteiger partial charge in [0.25, 0.3) is 0 Å². The number of rotatable bonds is 4. The zero-order valence-electron chi connectivity index (χ0n) is 13.9. The Balaban J connectivity index is 1.96. The van der Waals surface area contributed by atoms with Crippen molar-refractivity contribution in [3.63, 3.8) is 0 Å². The van der Waals surface area contributed by atoms with E-state index in [0.29, 0.717) is 0 Å². The van der Waals surface area contributed by atoms with Gasteiger partial charge in [0.2, 0.25) is 15.9 Å². The summed E-state index contributed by atoms with van der Waals surface area (Å²) in [6, 6.07) is 15.8. The molecule has 0 spiro atoms. The Bertz CT molecular complexity index is 847. The normalized spacial score (nSPS) is 13.7. The van der Waals surface area contributed by atoms with Crippen LogP contribution in [0, 0.1) is 0 Å². The highest BCUT2D eigenvalue weighted by atomic mass is 32.2. The molecule has 0 atom stereocenters. The minimum absolute atomic E-state index is 0.170. The van der Waals surface area contributed by atoms with Gasteiger partial charge in [0, 0.05) is 14.1 Å². The molecule has 0 unspecified atom stereocenters. The number of likely N-dealkylation sites (N-methyl/N-ethyl adjacent to an activating group) is 2. The molecule has 6 heteroatoms. The lowest BCUT2D eigenvalue weighted by Crippen LogP contribution is -2.40. The van der Waals surface area contributed by atoms with Crippen LogP contribution < -0.4 is 0 Å². The molecule has 2 aromatic carbocycles. The molecule has 3 rings (SSSR count). The highest BCUT2D eigenvalue weighted by molar-refractivity contribution is 7.88. The Morgan fingerprint density at radius 3 is 1.88 bits per heavy atom. The van der Waals surface area contributed by atoms with Crippen molar-refractivity contribution in [2.75, 3.05) is 26.9 Å². The minimum atomic E-state index is -3.39. The second-order valence-electron chi connectivity index (χ2n) is 6.10. The minimum Gasteiger partial charge on any atom is -0.333 e. The first-order valence-electron chi connectivity index (χ1n) is 7.66. The smallest absolute Gasteiger partial charge is 0.238 e. The van der Waals surface area contributed by atoms with Crippen LogP contribution in [0.5, 0.6) is 0 Å². The maximum atomic E-state index is 12.6. The van der Waals surface area contributed by atoms with E-state index in [2.05, 4.69) is 12.1 Å². The third-order valence-corrected chi connectivity index (χ3v) is 5.77. The van der Waals surface area contributed by atoms with Crippen LogP contribution in [0.1, 0.15) is 17.2 Å². The molecular weight excluding hydrogens is 324 g/mol. The van der Waals surface area contributed by atoms with Crippen molar-refractivity contribution >= 4 is 15.9 Å². The number of amides is 1. The van der Waals surface area contributed by atoms with Crippen LogP contribution in [-0.2, 0) is 14.8 Å². The zero-order chi connectivity index (χ0) is 17.5. The number of carbonyl (C=O) groups is 1. The summed E-state index contributed by atoms with van der Waals surface area (Å²) in [4.78, 5) is 14.3. The number of hydrogen-bond donors (Lipinski definition) is 0. The van der Waals surface area contributed by atoms with E-state index in [1.54, 1.807) is 11.9 Å². The number of nitrogens with zero attached hydrogens (tertiary/aromatic N) is 2. The third kappa shape index (κ3) is 2.83. The van der Waals surface area contributed by atoms with Gasteiger partial charge in [0.15, 0.2) is 0 Å². The molecule has 0 saturated carbocycles. The quantitative estimate of drug-likeness (QED) is 0.853. The first-order valence-corrected chi connectivity index (χ1v) is 9.50. The highest BCUT2D eigenvalue weighted by Gasteiger charge is 2.33. The average Bonchev–Trinajstić information content (AvgIpc) is 2.87. The Kier molecular flexibility index (Phi) is 4.19. The Morgan fingerprint density at radius 2 is 1.42 bits per heavy atom. The molecule has 0 aromatic heterocycles. The Hall–Kier alpha value is -2.18. The van der Waals surface area contributed by atoms with E-state index in [1.165, 1.54) is 7.05 Å². The summed E-state index contributed by atoms with van der Waals surface area (Å²) in [5.74, 6) is -0.237. The molecule has 0 aliphatic heterocycles. The van der Waals surface area contributed by atoms with Crippen molar-refractivity contribution in [2.45, 2.75) is 6.04 Å². The van der Waals surface area contributed by atoms with Gasteiger partial charge in [0.05, 0.1) is 18.8 Å². The van der Waals surface area contributed by atoms with Gasteiger partial charge in [-0.2, -0.15) is 4.31 Å². The van der Waals surface area contributed by atoms with Crippen LogP contribution in [0.3, 0.4) is 0 Å². The van der Waals surface area contributed by atoms with Crippen LogP contribution in [-0.4, -0.2) is 50.4 Å². The molecule has 24 heavy (non-hydrogen) atoms. The van der Waals surface area contributed by atoms with Crippen LogP contribution in [0.4, 0.5) is 0 Å². The number of fused-ring (bicyclic) bond motifs is 3. The van der Waals surface area contributed by atoms with Gasteiger partial charge in [-0.3, -0.25) is 4.79 Å². The molecule has 126 valence electrons. The van der Waals surface area contributed by atoms with Crippen molar-refractivity contribution in [2.24, 2.45) is 0 Å². The van der Waals surface area contributed by atoms with E-state index in [4.69, 9.17) is 0 Å². The topological polar surface area (TPSA) is 57.7 Å². The SMILES string of the molecule is CN(C(=O)CN(C)S(C)(=O)=O)C1c2ccccc2-c2ccccc21. The molecule has 2 aromatic rings. The summed E-state index contributed by atoms with van der Waals surface area (Å²) in [6.45, 7) is -0.170. The van der Waals surface area contributed by atoms with Gasteiger partial charge < -0.3 is 4.90 Å². The van der Waals surface area contributed by atoms with Crippen molar-refractivity contribution in [1.82, 2.24) is 9.21 Å². The van der Waals surface area contributed by atoms with Gasteiger partial charge in [-0.25, -0.2) is 8.42 Å². The summed E-state index contributed by atoms with van der Waals surface area (Å²) < 4.78 is 24.2. The van der Waals surface area contributed by atoms with Gasteiger partial charge in [-0.15, -0.1) is 0 Å². The largest absolute Gasteiger partial charge is 0.333 e. The van der Waals surface area contributed by atoms with Crippen molar-refractivity contribution in [3.8, 4) is 11.1 Å². The maximum absolute atomic E-state index is 12.6. The van der Waals surface area contributed by atoms with Gasteiger partial charge in [-0.1, -0.05) is 48.5 Å².